The Balaban J connectivity index is 1.59. The van der Waals surface area contributed by atoms with Crippen LogP contribution in [-0.2, 0) is 19.5 Å². The second kappa shape index (κ2) is 6.29. The summed E-state index contributed by atoms with van der Waals surface area (Å²) in [6, 6.07) is 5.67. The summed E-state index contributed by atoms with van der Waals surface area (Å²) in [4.78, 5) is 2.12. The highest BCUT2D eigenvalue weighted by Crippen LogP contribution is 2.34. The molecule has 5 rings (SSSR count). The maximum absolute atomic E-state index is 14.5. The Hall–Kier alpha value is -2.96. The molecule has 3 aromatic rings. The highest BCUT2D eigenvalue weighted by Gasteiger charge is 2.32. The maximum atomic E-state index is 14.5. The van der Waals surface area contributed by atoms with Gasteiger partial charge in [-0.1, -0.05) is 0 Å². The summed E-state index contributed by atoms with van der Waals surface area (Å²) in [6.07, 6.45) is 1.88. The fourth-order valence-electron chi connectivity index (χ4n) is 4.37. The Morgan fingerprint density at radius 2 is 2.29 bits per heavy atom. The van der Waals surface area contributed by atoms with Gasteiger partial charge in [0.1, 0.15) is 17.3 Å². The number of hydrogen-bond donors (Lipinski definition) is 2. The van der Waals surface area contributed by atoms with E-state index in [-0.39, 0.29) is 18.7 Å². The van der Waals surface area contributed by atoms with Crippen LogP contribution in [0.1, 0.15) is 35.6 Å². The van der Waals surface area contributed by atoms with Crippen LogP contribution in [0.15, 0.2) is 18.3 Å². The van der Waals surface area contributed by atoms with Gasteiger partial charge in [0.15, 0.2) is 5.82 Å². The van der Waals surface area contributed by atoms with Gasteiger partial charge in [0, 0.05) is 24.7 Å². The first-order chi connectivity index (χ1) is 13.6. The first-order valence-corrected chi connectivity index (χ1v) is 9.35. The van der Waals surface area contributed by atoms with Gasteiger partial charge in [0.2, 0.25) is 0 Å². The van der Waals surface area contributed by atoms with Gasteiger partial charge in [-0.2, -0.15) is 15.5 Å². The van der Waals surface area contributed by atoms with Gasteiger partial charge in [-0.05, 0) is 25.5 Å². The van der Waals surface area contributed by atoms with Crippen molar-refractivity contribution in [2.45, 2.75) is 38.5 Å². The molecule has 144 valence electrons. The fourth-order valence-corrected chi connectivity index (χ4v) is 4.37. The van der Waals surface area contributed by atoms with E-state index in [0.717, 1.165) is 29.7 Å². The summed E-state index contributed by atoms with van der Waals surface area (Å²) >= 11 is 0. The summed E-state index contributed by atoms with van der Waals surface area (Å²) in [5.41, 5.74) is 4.64. The second-order valence-corrected chi connectivity index (χ2v) is 7.48. The van der Waals surface area contributed by atoms with E-state index < -0.39 is 5.82 Å². The number of aliphatic hydroxyl groups excluding tert-OH is 1. The molecule has 0 aromatic carbocycles. The van der Waals surface area contributed by atoms with Crippen LogP contribution in [0.4, 0.5) is 10.1 Å². The van der Waals surface area contributed by atoms with E-state index in [1.54, 1.807) is 12.1 Å². The zero-order valence-electron chi connectivity index (χ0n) is 15.4. The van der Waals surface area contributed by atoms with Gasteiger partial charge >= 0.3 is 0 Å². The first-order valence-electron chi connectivity index (χ1n) is 9.35. The van der Waals surface area contributed by atoms with Crippen molar-refractivity contribution in [2.75, 3.05) is 18.1 Å². The maximum Gasteiger partial charge on any atom is 0.171 e. The lowest BCUT2D eigenvalue weighted by atomic mass is 9.98. The van der Waals surface area contributed by atoms with Gasteiger partial charge in [0.25, 0.3) is 0 Å². The molecule has 0 amide bonds. The number of fused-ring (bicyclic) bond motifs is 4. The summed E-state index contributed by atoms with van der Waals surface area (Å²) in [5, 5.41) is 30.9. The lowest BCUT2D eigenvalue weighted by Crippen LogP contribution is -2.39. The van der Waals surface area contributed by atoms with Crippen LogP contribution >= 0.6 is 0 Å². The number of aromatic nitrogens is 4. The molecule has 2 aliphatic heterocycles. The third-order valence-electron chi connectivity index (χ3n) is 5.72. The van der Waals surface area contributed by atoms with E-state index in [2.05, 4.69) is 33.0 Å². The molecule has 0 fully saturated rings. The minimum atomic E-state index is -0.439. The molecule has 0 saturated carbocycles. The molecule has 0 radical (unpaired) electrons. The molecule has 0 saturated heterocycles. The molecule has 0 bridgehead atoms. The highest BCUT2D eigenvalue weighted by molar-refractivity contribution is 5.75. The molecule has 9 heteroatoms. The van der Waals surface area contributed by atoms with Crippen molar-refractivity contribution in [3.05, 3.63) is 46.8 Å². The standard InChI is InChI=1S/C19H20FN7O/c1-11-8-25(17-3-2-13(5-21)27-19(17)15(20)6-23-27)9-18-14-4-12(10-28)22-7-16(14)24-26(11)18/h2-3,6,11-12,22,28H,4,7-10H2,1H3/t11-,12+/m1/s1. The monoisotopic (exact) mass is 381 g/mol. The molecule has 0 unspecified atom stereocenters. The highest BCUT2D eigenvalue weighted by atomic mass is 19.1. The summed E-state index contributed by atoms with van der Waals surface area (Å²) in [6.45, 7) is 4.10. The summed E-state index contributed by atoms with van der Waals surface area (Å²) < 4.78 is 17.9. The van der Waals surface area contributed by atoms with Crippen LogP contribution in [0.25, 0.3) is 5.52 Å². The molecule has 8 nitrogen and oxygen atoms in total. The van der Waals surface area contributed by atoms with Crippen molar-refractivity contribution in [1.29, 1.82) is 5.26 Å². The van der Waals surface area contributed by atoms with Crippen molar-refractivity contribution in [3.63, 3.8) is 0 Å². The fraction of sp³-hybridized carbons (Fsp3) is 0.421. The smallest absolute Gasteiger partial charge is 0.171 e. The van der Waals surface area contributed by atoms with E-state index in [1.165, 1.54) is 10.1 Å². The number of pyridine rings is 1. The number of hydrogen-bond acceptors (Lipinski definition) is 6. The summed E-state index contributed by atoms with van der Waals surface area (Å²) in [5.74, 6) is -0.439. The molecule has 2 N–H and O–H groups in total. The number of nitrogens with one attached hydrogen (secondary N) is 1. The largest absolute Gasteiger partial charge is 0.395 e. The van der Waals surface area contributed by atoms with Gasteiger partial charge < -0.3 is 15.3 Å². The molecule has 0 aliphatic carbocycles. The van der Waals surface area contributed by atoms with Crippen LogP contribution < -0.4 is 10.2 Å². The minimum Gasteiger partial charge on any atom is -0.395 e. The van der Waals surface area contributed by atoms with Gasteiger partial charge in [-0.3, -0.25) is 4.68 Å². The third-order valence-corrected chi connectivity index (χ3v) is 5.72. The lowest BCUT2D eigenvalue weighted by molar-refractivity contribution is 0.235. The van der Waals surface area contributed by atoms with Crippen LogP contribution in [0.2, 0.25) is 0 Å². The Labute approximate surface area is 160 Å². The Kier molecular flexibility index (Phi) is 3.86. The number of aliphatic hydroxyl groups is 1. The van der Waals surface area contributed by atoms with Crippen molar-refractivity contribution in [1.82, 2.24) is 24.7 Å². The quantitative estimate of drug-likeness (QED) is 0.691. The third kappa shape index (κ3) is 2.42. The zero-order chi connectivity index (χ0) is 19.4. The van der Waals surface area contributed by atoms with E-state index in [4.69, 9.17) is 5.10 Å². The molecule has 28 heavy (non-hydrogen) atoms. The molecule has 2 atom stereocenters. The Bertz CT molecular complexity index is 1110. The van der Waals surface area contributed by atoms with Crippen LogP contribution in [0.3, 0.4) is 0 Å². The van der Waals surface area contributed by atoms with E-state index in [9.17, 15) is 14.8 Å². The average Bonchev–Trinajstić information content (AvgIpc) is 3.28. The molecular formula is C19H20FN7O. The van der Waals surface area contributed by atoms with Crippen LogP contribution in [0, 0.1) is 17.1 Å². The molecule has 5 heterocycles. The van der Waals surface area contributed by atoms with Crippen LogP contribution in [-0.4, -0.2) is 43.7 Å². The van der Waals surface area contributed by atoms with Gasteiger partial charge in [0.05, 0.1) is 42.5 Å². The van der Waals surface area contributed by atoms with E-state index >= 15 is 0 Å². The Morgan fingerprint density at radius 1 is 1.43 bits per heavy atom. The van der Waals surface area contributed by atoms with E-state index in [1.807, 2.05) is 0 Å². The SMILES string of the molecule is C[C@@H]1CN(c2ccc(C#N)n3ncc(F)c23)Cc2c3c(nn21)CN[C@H](CO)C3. The van der Waals surface area contributed by atoms with Crippen LogP contribution in [0.5, 0.6) is 0 Å². The second-order valence-electron chi connectivity index (χ2n) is 7.48. The lowest BCUT2D eigenvalue weighted by Gasteiger charge is -2.35. The zero-order valence-corrected chi connectivity index (χ0v) is 15.4. The number of anilines is 1. The van der Waals surface area contributed by atoms with Crippen molar-refractivity contribution >= 4 is 11.2 Å². The molecular weight excluding hydrogens is 361 g/mol. The van der Waals surface area contributed by atoms with Gasteiger partial charge in [-0.25, -0.2) is 8.91 Å². The predicted molar refractivity (Wildman–Crippen MR) is 99.3 cm³/mol. The number of nitrogens with zero attached hydrogens (tertiary/aromatic N) is 6. The minimum absolute atomic E-state index is 0.0287. The number of halogens is 1. The molecule has 0 spiro atoms. The first kappa shape index (κ1) is 17.2. The Morgan fingerprint density at radius 3 is 3.07 bits per heavy atom. The number of rotatable bonds is 2. The van der Waals surface area contributed by atoms with E-state index in [0.29, 0.717) is 30.8 Å². The molecule has 3 aromatic heterocycles. The van der Waals surface area contributed by atoms with Gasteiger partial charge in [-0.15, -0.1) is 0 Å². The predicted octanol–water partition coefficient (Wildman–Crippen LogP) is 1.13. The normalized spacial score (nSPS) is 21.4. The topological polar surface area (TPSA) is 94.4 Å². The van der Waals surface area contributed by atoms with Crippen molar-refractivity contribution in [2.24, 2.45) is 0 Å². The van der Waals surface area contributed by atoms with Crippen molar-refractivity contribution < 1.29 is 9.50 Å². The number of nitriles is 1. The molecule has 2 aliphatic rings. The average molecular weight is 381 g/mol. The van der Waals surface area contributed by atoms with Crippen molar-refractivity contribution in [3.8, 4) is 6.07 Å². The summed E-state index contributed by atoms with van der Waals surface area (Å²) in [7, 11) is 0.